The van der Waals surface area contributed by atoms with Crippen molar-refractivity contribution in [2.45, 2.75) is 51.1 Å². The molecule has 7 nitrogen and oxygen atoms in total. The van der Waals surface area contributed by atoms with Crippen LogP contribution in [0.5, 0.6) is 0 Å². The van der Waals surface area contributed by atoms with Crippen LogP contribution in [0, 0.1) is 0 Å². The van der Waals surface area contributed by atoms with E-state index in [0.717, 1.165) is 27.2 Å². The van der Waals surface area contributed by atoms with E-state index in [9.17, 15) is 19.5 Å². The molecular weight excluding hydrogens is 408 g/mol. The first-order chi connectivity index (χ1) is 15.2. The molecule has 1 aliphatic rings. The van der Waals surface area contributed by atoms with Crippen molar-refractivity contribution in [3.8, 4) is 11.1 Å². The largest absolute Gasteiger partial charge is 0.480 e. The van der Waals surface area contributed by atoms with Gasteiger partial charge >= 0.3 is 12.1 Å². The highest BCUT2D eigenvalue weighted by Gasteiger charge is 2.38. The number of carbonyl (C=O) groups excluding carboxylic acids is 2. The normalized spacial score (nSPS) is 13.6. The number of nitrogens with one attached hydrogen (secondary N) is 1. The number of carboxylic acid groups (broad SMARTS) is 1. The zero-order valence-corrected chi connectivity index (χ0v) is 18.9. The summed E-state index contributed by atoms with van der Waals surface area (Å²) < 4.78 is 5.54. The highest BCUT2D eigenvalue weighted by atomic mass is 16.5. The van der Waals surface area contributed by atoms with Gasteiger partial charge in [0.15, 0.2) is 0 Å². The van der Waals surface area contributed by atoms with Crippen LogP contribution in [0.3, 0.4) is 0 Å². The molecule has 1 aliphatic carbocycles. The average molecular weight is 439 g/mol. The number of nitrogens with zero attached hydrogens (tertiary/aromatic N) is 1. The van der Waals surface area contributed by atoms with Crippen molar-refractivity contribution in [2.24, 2.45) is 0 Å². The van der Waals surface area contributed by atoms with Crippen molar-refractivity contribution in [1.29, 1.82) is 0 Å². The lowest BCUT2D eigenvalue weighted by atomic mass is 9.98. The molecular formula is C25H30N2O5. The second-order valence-corrected chi connectivity index (χ2v) is 8.57. The van der Waals surface area contributed by atoms with Gasteiger partial charge in [0.2, 0.25) is 5.91 Å². The van der Waals surface area contributed by atoms with Crippen LogP contribution < -0.4 is 5.32 Å². The van der Waals surface area contributed by atoms with Crippen molar-refractivity contribution in [3.63, 3.8) is 0 Å². The lowest BCUT2D eigenvalue weighted by molar-refractivity contribution is -0.156. The number of hydrogen-bond donors (Lipinski definition) is 2. The summed E-state index contributed by atoms with van der Waals surface area (Å²) in [6.45, 7) is 4.93. The lowest BCUT2D eigenvalue weighted by Crippen LogP contribution is -2.57. The molecule has 2 N–H and O–H groups in total. The third kappa shape index (κ3) is 4.47. The maximum Gasteiger partial charge on any atom is 0.407 e. The molecule has 0 saturated carbocycles. The minimum atomic E-state index is -1.40. The Bertz CT molecular complexity index is 971. The topological polar surface area (TPSA) is 95.9 Å². The van der Waals surface area contributed by atoms with Gasteiger partial charge in [-0.15, -0.1) is 0 Å². The fraction of sp³-hybridized carbons (Fsp3) is 0.400. The van der Waals surface area contributed by atoms with E-state index in [0.29, 0.717) is 12.8 Å². The fourth-order valence-electron chi connectivity index (χ4n) is 3.98. The first-order valence-electron chi connectivity index (χ1n) is 10.8. The summed E-state index contributed by atoms with van der Waals surface area (Å²) in [5, 5.41) is 12.1. The second kappa shape index (κ2) is 9.42. The molecule has 0 bridgehead atoms. The molecule has 2 aromatic carbocycles. The highest BCUT2D eigenvalue weighted by molar-refractivity contribution is 5.90. The summed E-state index contributed by atoms with van der Waals surface area (Å²) in [6.07, 6.45) is 0.324. The van der Waals surface area contributed by atoms with E-state index in [1.54, 1.807) is 0 Å². The molecule has 0 fully saturated rings. The number of fused-ring (bicyclic) bond motifs is 3. The number of carbonyl (C=O) groups is 3. The van der Waals surface area contributed by atoms with Gasteiger partial charge in [0.25, 0.3) is 0 Å². The van der Waals surface area contributed by atoms with E-state index in [4.69, 9.17) is 4.74 Å². The zero-order chi connectivity index (χ0) is 23.5. The van der Waals surface area contributed by atoms with Gasteiger partial charge in [-0.2, -0.15) is 0 Å². The van der Waals surface area contributed by atoms with Crippen LogP contribution in [-0.2, 0) is 14.3 Å². The van der Waals surface area contributed by atoms with Crippen LogP contribution in [-0.4, -0.2) is 53.2 Å². The fourth-order valence-corrected chi connectivity index (χ4v) is 3.98. The Labute approximate surface area is 188 Å². The summed E-state index contributed by atoms with van der Waals surface area (Å²) in [5.74, 6) is -1.67. The van der Waals surface area contributed by atoms with Crippen molar-refractivity contribution in [1.82, 2.24) is 10.2 Å². The van der Waals surface area contributed by atoms with Crippen LogP contribution in [0.1, 0.15) is 50.7 Å². The molecule has 2 aromatic rings. The minimum absolute atomic E-state index is 0.0814. The van der Waals surface area contributed by atoms with Gasteiger partial charge in [0.05, 0.1) is 0 Å². The number of likely N-dealkylation sites (N-methyl/N-ethyl adjacent to an activating group) is 1. The van der Waals surface area contributed by atoms with E-state index >= 15 is 0 Å². The van der Waals surface area contributed by atoms with Crippen molar-refractivity contribution in [2.75, 3.05) is 13.7 Å². The van der Waals surface area contributed by atoms with E-state index in [-0.39, 0.29) is 12.5 Å². The van der Waals surface area contributed by atoms with Crippen molar-refractivity contribution >= 4 is 18.0 Å². The number of hydrogen-bond acceptors (Lipinski definition) is 4. The molecule has 1 atom stereocenters. The Morgan fingerprint density at radius 2 is 1.59 bits per heavy atom. The Hall–Kier alpha value is -3.35. The van der Waals surface area contributed by atoms with Crippen LogP contribution in [0.15, 0.2) is 48.5 Å². The van der Waals surface area contributed by atoms with Gasteiger partial charge in [-0.05, 0) is 42.5 Å². The predicted octanol–water partition coefficient (Wildman–Crippen LogP) is 4.02. The van der Waals surface area contributed by atoms with E-state index in [1.165, 1.54) is 20.9 Å². The van der Waals surface area contributed by atoms with Gasteiger partial charge in [-0.25, -0.2) is 9.59 Å². The van der Waals surface area contributed by atoms with E-state index in [1.807, 2.05) is 43.3 Å². The number of rotatable bonds is 8. The van der Waals surface area contributed by atoms with Crippen LogP contribution in [0.2, 0.25) is 0 Å². The Morgan fingerprint density at radius 3 is 2.09 bits per heavy atom. The number of aliphatic carboxylic acids is 1. The number of amides is 2. The van der Waals surface area contributed by atoms with Gasteiger partial charge < -0.3 is 20.1 Å². The summed E-state index contributed by atoms with van der Waals surface area (Å²) in [6, 6.07) is 15.2. The number of benzene rings is 2. The molecule has 7 heteroatoms. The number of carboxylic acids is 1. The van der Waals surface area contributed by atoms with Gasteiger partial charge in [-0.1, -0.05) is 61.9 Å². The second-order valence-electron chi connectivity index (χ2n) is 8.57. The molecule has 0 unspecified atom stereocenters. The Morgan fingerprint density at radius 1 is 1.06 bits per heavy atom. The van der Waals surface area contributed by atoms with E-state index < -0.39 is 29.6 Å². The third-order valence-corrected chi connectivity index (χ3v) is 6.20. The van der Waals surface area contributed by atoms with Gasteiger partial charge in [-0.3, -0.25) is 4.79 Å². The van der Waals surface area contributed by atoms with Crippen molar-refractivity contribution < 1.29 is 24.2 Å². The Balaban J connectivity index is 1.69. The average Bonchev–Trinajstić information content (AvgIpc) is 3.10. The molecule has 0 spiro atoms. The standard InChI is InChI=1S/C25H30N2O5/c1-5-10-21(22(28)27(4)25(2,3)23(29)30)26-24(31)32-15-20-18-13-8-6-11-16(18)17-12-7-9-14-19(17)20/h6-9,11-14,20-21H,5,10,15H2,1-4H3,(H,26,31)(H,29,30)/t21-/m1/s1. The van der Waals surface area contributed by atoms with Crippen LogP contribution >= 0.6 is 0 Å². The summed E-state index contributed by atoms with van der Waals surface area (Å²) in [4.78, 5) is 38.2. The third-order valence-electron chi connectivity index (χ3n) is 6.20. The summed E-state index contributed by atoms with van der Waals surface area (Å²) >= 11 is 0. The SMILES string of the molecule is CCC[C@@H](NC(=O)OCC1c2ccccc2-c2ccccc21)C(=O)N(C)C(C)(C)C(=O)O. The van der Waals surface area contributed by atoms with Gasteiger partial charge in [0, 0.05) is 13.0 Å². The maximum absolute atomic E-state index is 12.9. The predicted molar refractivity (Wildman–Crippen MR) is 121 cm³/mol. The lowest BCUT2D eigenvalue weighted by Gasteiger charge is -2.34. The smallest absolute Gasteiger partial charge is 0.407 e. The molecule has 0 saturated heterocycles. The van der Waals surface area contributed by atoms with Crippen molar-refractivity contribution in [3.05, 3.63) is 59.7 Å². The molecule has 0 heterocycles. The molecule has 0 aliphatic heterocycles. The van der Waals surface area contributed by atoms with Gasteiger partial charge in [0.1, 0.15) is 18.2 Å². The molecule has 32 heavy (non-hydrogen) atoms. The molecule has 0 radical (unpaired) electrons. The molecule has 3 rings (SSSR count). The van der Waals surface area contributed by atoms with E-state index in [2.05, 4.69) is 17.4 Å². The van der Waals surface area contributed by atoms with Crippen LogP contribution in [0.4, 0.5) is 4.79 Å². The minimum Gasteiger partial charge on any atom is -0.480 e. The number of ether oxygens (including phenoxy) is 1. The maximum atomic E-state index is 12.9. The quantitative estimate of drug-likeness (QED) is 0.649. The monoisotopic (exact) mass is 438 g/mol. The highest BCUT2D eigenvalue weighted by Crippen LogP contribution is 2.44. The summed E-state index contributed by atoms with van der Waals surface area (Å²) in [5.41, 5.74) is 3.07. The summed E-state index contributed by atoms with van der Waals surface area (Å²) in [7, 11) is 1.43. The molecule has 2 amide bonds. The first kappa shape index (κ1) is 23.3. The zero-order valence-electron chi connectivity index (χ0n) is 18.9. The Kier molecular flexibility index (Phi) is 6.87. The van der Waals surface area contributed by atoms with Crippen LogP contribution in [0.25, 0.3) is 11.1 Å². The molecule has 0 aromatic heterocycles. The molecule has 170 valence electrons. The number of alkyl carbamates (subject to hydrolysis) is 1. The first-order valence-corrected chi connectivity index (χ1v) is 10.8.